The minimum atomic E-state index is -0.0496. The molecule has 0 amide bonds. The summed E-state index contributed by atoms with van der Waals surface area (Å²) in [5.74, 6) is 1.04. The van der Waals surface area contributed by atoms with Gasteiger partial charge in [0.05, 0.1) is 19.8 Å². The lowest BCUT2D eigenvalue weighted by atomic mass is 10.0. The number of ketones is 2. The highest BCUT2D eigenvalue weighted by Crippen LogP contribution is 2.37. The number of nitrogens with zero attached hydrogens (tertiary/aromatic N) is 1. The summed E-state index contributed by atoms with van der Waals surface area (Å²) in [6.07, 6.45) is 6.10. The smallest absolute Gasteiger partial charge is 0.189 e. The van der Waals surface area contributed by atoms with Crippen LogP contribution in [-0.4, -0.2) is 25.8 Å². The average Bonchev–Trinajstić information content (AvgIpc) is 3.08. The number of pyridine rings is 1. The summed E-state index contributed by atoms with van der Waals surface area (Å²) in [5, 5.41) is 0. The molecule has 0 atom stereocenters. The maximum atomic E-state index is 13.0. The zero-order chi connectivity index (χ0) is 22.0. The second-order valence-electron chi connectivity index (χ2n) is 7.57. The molecule has 1 heterocycles. The first kappa shape index (κ1) is 20.5. The number of rotatable bonds is 6. The van der Waals surface area contributed by atoms with Crippen molar-refractivity contribution in [3.63, 3.8) is 0 Å². The van der Waals surface area contributed by atoms with Gasteiger partial charge in [0.25, 0.3) is 0 Å². The number of ether oxygens (including phenoxy) is 2. The van der Waals surface area contributed by atoms with Crippen molar-refractivity contribution in [2.24, 2.45) is 0 Å². The van der Waals surface area contributed by atoms with Gasteiger partial charge < -0.3 is 9.47 Å². The summed E-state index contributed by atoms with van der Waals surface area (Å²) < 4.78 is 12.7. The topological polar surface area (TPSA) is 56.5 Å². The monoisotopic (exact) mass is 414 g/mol. The molecule has 3 aromatic rings. The van der Waals surface area contributed by atoms with Gasteiger partial charge in [0, 0.05) is 29.2 Å². The molecule has 0 saturated carbocycles. The number of carbonyl (C=O) groups is 2. The first-order valence-electron chi connectivity index (χ1n) is 10.1. The van der Waals surface area contributed by atoms with Crippen LogP contribution < -0.4 is 14.0 Å². The molecule has 156 valence electrons. The number of hydrogen-bond donors (Lipinski definition) is 0. The fourth-order valence-electron chi connectivity index (χ4n) is 3.90. The number of carbonyl (C=O) groups excluding carboxylic acids is 2. The van der Waals surface area contributed by atoms with E-state index in [9.17, 15) is 9.59 Å². The first-order chi connectivity index (χ1) is 15.0. The zero-order valence-corrected chi connectivity index (χ0v) is 17.8. The van der Waals surface area contributed by atoms with E-state index in [1.54, 1.807) is 27.2 Å². The van der Waals surface area contributed by atoms with E-state index in [0.717, 1.165) is 16.7 Å². The summed E-state index contributed by atoms with van der Waals surface area (Å²) in [7, 11) is 3.12. The van der Waals surface area contributed by atoms with E-state index < -0.39 is 0 Å². The SMILES string of the molecule is COc1cc2c(cc1OC)C(=O)/C(=C/c1cc[n+](Cc3ccccc3)cc1C(C)=O)C2. The van der Waals surface area contributed by atoms with Crippen molar-refractivity contribution < 1.29 is 23.6 Å². The van der Waals surface area contributed by atoms with Crippen LogP contribution in [0, 0.1) is 0 Å². The summed E-state index contributed by atoms with van der Waals surface area (Å²) in [6.45, 7) is 2.22. The van der Waals surface area contributed by atoms with Crippen LogP contribution in [0.25, 0.3) is 6.08 Å². The summed E-state index contributed by atoms with van der Waals surface area (Å²) >= 11 is 0. The normalized spacial score (nSPS) is 13.9. The molecule has 31 heavy (non-hydrogen) atoms. The predicted octanol–water partition coefficient (Wildman–Crippen LogP) is 4.06. The van der Waals surface area contributed by atoms with Gasteiger partial charge in [-0.15, -0.1) is 0 Å². The third-order valence-corrected chi connectivity index (χ3v) is 5.50. The highest BCUT2D eigenvalue weighted by Gasteiger charge is 2.28. The van der Waals surface area contributed by atoms with Crippen LogP contribution in [0.2, 0.25) is 0 Å². The van der Waals surface area contributed by atoms with Gasteiger partial charge in [-0.05, 0) is 36.3 Å². The molecule has 0 bridgehead atoms. The molecule has 0 saturated heterocycles. The van der Waals surface area contributed by atoms with Gasteiger partial charge in [-0.2, -0.15) is 0 Å². The molecule has 1 aromatic heterocycles. The van der Waals surface area contributed by atoms with Crippen molar-refractivity contribution in [3.05, 3.63) is 94.3 Å². The van der Waals surface area contributed by atoms with Crippen molar-refractivity contribution in [2.75, 3.05) is 14.2 Å². The Morgan fingerprint density at radius 3 is 2.45 bits per heavy atom. The number of hydrogen-bond acceptors (Lipinski definition) is 4. The van der Waals surface area contributed by atoms with E-state index in [1.807, 2.05) is 65.5 Å². The van der Waals surface area contributed by atoms with Gasteiger partial charge in [0.15, 0.2) is 42.0 Å². The highest BCUT2D eigenvalue weighted by atomic mass is 16.5. The van der Waals surface area contributed by atoms with Crippen molar-refractivity contribution >= 4 is 17.6 Å². The molecule has 0 unspecified atom stereocenters. The number of fused-ring (bicyclic) bond motifs is 1. The lowest BCUT2D eigenvalue weighted by Gasteiger charge is -2.08. The fourth-order valence-corrected chi connectivity index (χ4v) is 3.90. The predicted molar refractivity (Wildman–Crippen MR) is 118 cm³/mol. The molecule has 4 rings (SSSR count). The van der Waals surface area contributed by atoms with E-state index in [4.69, 9.17) is 9.47 Å². The maximum Gasteiger partial charge on any atom is 0.189 e. The van der Waals surface area contributed by atoms with Gasteiger partial charge in [0.2, 0.25) is 0 Å². The van der Waals surface area contributed by atoms with Crippen LogP contribution in [0.4, 0.5) is 0 Å². The largest absolute Gasteiger partial charge is 0.493 e. The highest BCUT2D eigenvalue weighted by molar-refractivity contribution is 6.16. The van der Waals surface area contributed by atoms with Gasteiger partial charge in [0.1, 0.15) is 0 Å². The Balaban J connectivity index is 1.68. The quantitative estimate of drug-likeness (QED) is 0.347. The molecular formula is C26H24NO4+. The lowest BCUT2D eigenvalue weighted by molar-refractivity contribution is -0.688. The standard InChI is InChI=1S/C26H24NO4/c1-17(28)23-16-27(15-18-7-5-4-6-8-18)10-9-19(23)11-21-12-20-13-24(30-2)25(31-3)14-22(20)26(21)29/h4-11,13-14,16H,12,15H2,1-3H3/q+1/b21-11+. The average molecular weight is 414 g/mol. The molecule has 0 fully saturated rings. The van der Waals surface area contributed by atoms with Gasteiger partial charge in [-0.25, -0.2) is 4.57 Å². The number of benzene rings is 2. The molecule has 0 N–H and O–H groups in total. The molecule has 5 nitrogen and oxygen atoms in total. The molecule has 0 aliphatic heterocycles. The summed E-state index contributed by atoms with van der Waals surface area (Å²) in [6, 6.07) is 15.5. The van der Waals surface area contributed by atoms with Gasteiger partial charge in [-0.1, -0.05) is 30.3 Å². The van der Waals surface area contributed by atoms with Gasteiger partial charge in [-0.3, -0.25) is 9.59 Å². The van der Waals surface area contributed by atoms with Crippen LogP contribution in [-0.2, 0) is 13.0 Å². The van der Waals surface area contributed by atoms with Crippen molar-refractivity contribution in [1.29, 1.82) is 0 Å². The Kier molecular flexibility index (Phi) is 5.67. The van der Waals surface area contributed by atoms with Gasteiger partial charge >= 0.3 is 0 Å². The Bertz CT molecular complexity index is 1200. The number of aromatic nitrogens is 1. The van der Waals surface area contributed by atoms with E-state index in [2.05, 4.69) is 0 Å². The Morgan fingerprint density at radius 1 is 1.06 bits per heavy atom. The summed E-state index contributed by atoms with van der Waals surface area (Å²) in [4.78, 5) is 25.4. The lowest BCUT2D eigenvalue weighted by Crippen LogP contribution is -2.34. The molecule has 5 heteroatoms. The zero-order valence-electron chi connectivity index (χ0n) is 17.8. The Hall–Kier alpha value is -3.73. The van der Waals surface area contributed by atoms with E-state index in [1.165, 1.54) is 0 Å². The molecule has 1 aliphatic carbocycles. The van der Waals surface area contributed by atoms with E-state index in [-0.39, 0.29) is 11.6 Å². The molecule has 2 aromatic carbocycles. The van der Waals surface area contributed by atoms with E-state index in [0.29, 0.717) is 41.2 Å². The third-order valence-electron chi connectivity index (χ3n) is 5.50. The second-order valence-corrected chi connectivity index (χ2v) is 7.57. The van der Waals surface area contributed by atoms with Crippen molar-refractivity contribution in [2.45, 2.75) is 19.9 Å². The van der Waals surface area contributed by atoms with Crippen molar-refractivity contribution in [3.8, 4) is 11.5 Å². The number of allylic oxidation sites excluding steroid dienone is 1. The maximum absolute atomic E-state index is 13.0. The summed E-state index contributed by atoms with van der Waals surface area (Å²) in [5.41, 5.74) is 4.64. The Labute approximate surface area is 181 Å². The molecule has 0 radical (unpaired) electrons. The van der Waals surface area contributed by atoms with Crippen LogP contribution >= 0.6 is 0 Å². The first-order valence-corrected chi connectivity index (χ1v) is 10.1. The van der Waals surface area contributed by atoms with Crippen LogP contribution in [0.1, 0.15) is 44.3 Å². The van der Waals surface area contributed by atoms with E-state index >= 15 is 0 Å². The van der Waals surface area contributed by atoms with Crippen LogP contribution in [0.3, 0.4) is 0 Å². The minimum absolute atomic E-state index is 0.0411. The fraction of sp³-hybridized carbons (Fsp3) is 0.192. The molecule has 1 aliphatic rings. The minimum Gasteiger partial charge on any atom is -0.493 e. The van der Waals surface area contributed by atoms with Crippen LogP contribution in [0.5, 0.6) is 11.5 Å². The molecule has 0 spiro atoms. The van der Waals surface area contributed by atoms with Crippen LogP contribution in [0.15, 0.2) is 66.5 Å². The molecular weight excluding hydrogens is 390 g/mol. The second kappa shape index (κ2) is 8.56. The van der Waals surface area contributed by atoms with Crippen molar-refractivity contribution in [1.82, 2.24) is 0 Å². The Morgan fingerprint density at radius 2 is 1.77 bits per heavy atom. The number of methoxy groups -OCH3 is 2. The third kappa shape index (κ3) is 4.12. The number of Topliss-reactive ketones (excluding diaryl/α,β-unsaturated/α-hetero) is 2.